The molecule has 0 saturated heterocycles. The Balaban J connectivity index is 3.35. The molecule has 0 spiro atoms. The number of hydrogen-bond donors (Lipinski definition) is 1. The summed E-state index contributed by atoms with van der Waals surface area (Å²) in [6.45, 7) is 10.0. The fraction of sp³-hybridized carbons (Fsp3) is 0.471. The van der Waals surface area contributed by atoms with Crippen LogP contribution in [0.25, 0.3) is 0 Å². The lowest BCUT2D eigenvalue weighted by atomic mass is 10.0. The van der Waals surface area contributed by atoms with E-state index >= 15 is 0 Å². The standard InChI is InChI=1S/C17H22O6/c1-16(2,3)22-14(20)10-8-7-9-11(12(10)13(18)19)15(21)23-17(4,5)6/h7-9H,1-6H3,(H,18,19). The second-order valence-electron chi connectivity index (χ2n) is 7.04. The molecule has 23 heavy (non-hydrogen) atoms. The van der Waals surface area contributed by atoms with Gasteiger partial charge in [-0.25, -0.2) is 14.4 Å². The summed E-state index contributed by atoms with van der Waals surface area (Å²) < 4.78 is 10.4. The van der Waals surface area contributed by atoms with Crippen LogP contribution in [0.5, 0.6) is 0 Å². The second kappa shape index (κ2) is 6.40. The van der Waals surface area contributed by atoms with Gasteiger partial charge >= 0.3 is 17.9 Å². The van der Waals surface area contributed by atoms with E-state index in [1.165, 1.54) is 18.2 Å². The normalized spacial score (nSPS) is 11.7. The average molecular weight is 322 g/mol. The number of ether oxygens (including phenoxy) is 2. The monoisotopic (exact) mass is 322 g/mol. The van der Waals surface area contributed by atoms with Crippen LogP contribution in [0.1, 0.15) is 72.6 Å². The van der Waals surface area contributed by atoms with Crippen molar-refractivity contribution in [2.24, 2.45) is 0 Å². The molecule has 126 valence electrons. The Hall–Kier alpha value is -2.37. The van der Waals surface area contributed by atoms with Crippen LogP contribution in [-0.2, 0) is 9.47 Å². The Labute approximate surface area is 135 Å². The van der Waals surface area contributed by atoms with Gasteiger partial charge in [-0.3, -0.25) is 0 Å². The number of esters is 2. The first kappa shape index (κ1) is 18.7. The lowest BCUT2D eigenvalue weighted by Gasteiger charge is -2.22. The van der Waals surface area contributed by atoms with Gasteiger partial charge < -0.3 is 14.6 Å². The van der Waals surface area contributed by atoms with Crippen LogP contribution in [0, 0.1) is 0 Å². The SMILES string of the molecule is CC(C)(C)OC(=O)c1cccc(C(=O)OC(C)(C)C)c1C(=O)O. The summed E-state index contributed by atoms with van der Waals surface area (Å²) >= 11 is 0. The minimum atomic E-state index is -1.40. The number of carbonyl (C=O) groups is 3. The molecule has 6 nitrogen and oxygen atoms in total. The van der Waals surface area contributed by atoms with Crippen LogP contribution < -0.4 is 0 Å². The molecular formula is C17H22O6. The van der Waals surface area contributed by atoms with Gasteiger partial charge in [-0.05, 0) is 53.7 Å². The van der Waals surface area contributed by atoms with Gasteiger partial charge in [-0.15, -0.1) is 0 Å². The number of benzene rings is 1. The molecule has 0 aliphatic rings. The van der Waals surface area contributed by atoms with Gasteiger partial charge in [0.05, 0.1) is 16.7 Å². The summed E-state index contributed by atoms with van der Waals surface area (Å²) in [4.78, 5) is 36.0. The van der Waals surface area contributed by atoms with E-state index in [-0.39, 0.29) is 11.1 Å². The minimum absolute atomic E-state index is 0.184. The molecule has 1 rings (SSSR count). The molecule has 0 bridgehead atoms. The van der Waals surface area contributed by atoms with Crippen molar-refractivity contribution in [3.05, 3.63) is 34.9 Å². The quantitative estimate of drug-likeness (QED) is 0.859. The summed E-state index contributed by atoms with van der Waals surface area (Å²) in [6.07, 6.45) is 0. The van der Waals surface area contributed by atoms with Gasteiger partial charge in [0.25, 0.3) is 0 Å². The Morgan fingerprint density at radius 1 is 0.826 bits per heavy atom. The van der Waals surface area contributed by atoms with E-state index in [0.717, 1.165) is 0 Å². The fourth-order valence-electron chi connectivity index (χ4n) is 1.79. The van der Waals surface area contributed by atoms with Gasteiger partial charge in [0.2, 0.25) is 0 Å². The van der Waals surface area contributed by atoms with Crippen molar-refractivity contribution in [1.82, 2.24) is 0 Å². The van der Waals surface area contributed by atoms with Crippen LogP contribution in [0.2, 0.25) is 0 Å². The predicted octanol–water partition coefficient (Wildman–Crippen LogP) is 3.30. The molecule has 0 unspecified atom stereocenters. The molecule has 1 aromatic carbocycles. The molecule has 0 aromatic heterocycles. The third-order valence-corrected chi connectivity index (χ3v) is 2.52. The molecule has 1 N–H and O–H groups in total. The first-order chi connectivity index (χ1) is 10.3. The zero-order valence-electron chi connectivity index (χ0n) is 14.2. The highest BCUT2D eigenvalue weighted by molar-refractivity contribution is 6.09. The first-order valence-corrected chi connectivity index (χ1v) is 7.15. The minimum Gasteiger partial charge on any atom is -0.478 e. The van der Waals surface area contributed by atoms with Crippen LogP contribution in [0.4, 0.5) is 0 Å². The van der Waals surface area contributed by atoms with E-state index in [1.54, 1.807) is 41.5 Å². The van der Waals surface area contributed by atoms with Crippen molar-refractivity contribution in [3.63, 3.8) is 0 Å². The number of hydrogen-bond acceptors (Lipinski definition) is 5. The highest BCUT2D eigenvalue weighted by Crippen LogP contribution is 2.22. The Bertz CT molecular complexity index is 585. The predicted molar refractivity (Wildman–Crippen MR) is 83.7 cm³/mol. The summed E-state index contributed by atoms with van der Waals surface area (Å²) in [5.41, 5.74) is -2.36. The van der Waals surface area contributed by atoms with Crippen molar-refractivity contribution in [1.29, 1.82) is 0 Å². The van der Waals surface area contributed by atoms with Gasteiger partial charge in [0.15, 0.2) is 0 Å². The van der Waals surface area contributed by atoms with Crippen LogP contribution in [-0.4, -0.2) is 34.2 Å². The van der Waals surface area contributed by atoms with Crippen LogP contribution >= 0.6 is 0 Å². The van der Waals surface area contributed by atoms with E-state index in [2.05, 4.69) is 0 Å². The van der Waals surface area contributed by atoms with Crippen LogP contribution in [0.3, 0.4) is 0 Å². The third kappa shape index (κ3) is 5.39. The molecule has 0 radical (unpaired) electrons. The highest BCUT2D eigenvalue weighted by atomic mass is 16.6. The van der Waals surface area contributed by atoms with Crippen molar-refractivity contribution < 1.29 is 29.0 Å². The molecule has 6 heteroatoms. The van der Waals surface area contributed by atoms with Crippen molar-refractivity contribution in [2.75, 3.05) is 0 Å². The molecule has 0 aliphatic carbocycles. The molecule has 0 amide bonds. The van der Waals surface area contributed by atoms with Gasteiger partial charge in [-0.2, -0.15) is 0 Å². The molecule has 0 fully saturated rings. The van der Waals surface area contributed by atoms with E-state index in [4.69, 9.17) is 9.47 Å². The van der Waals surface area contributed by atoms with Crippen molar-refractivity contribution >= 4 is 17.9 Å². The lowest BCUT2D eigenvalue weighted by Crippen LogP contribution is -2.28. The zero-order chi connectivity index (χ0) is 18.0. The number of carboxylic acid groups (broad SMARTS) is 1. The maximum atomic E-state index is 12.2. The van der Waals surface area contributed by atoms with Gasteiger partial charge in [-0.1, -0.05) is 6.07 Å². The topological polar surface area (TPSA) is 89.9 Å². The zero-order valence-corrected chi connectivity index (χ0v) is 14.2. The maximum absolute atomic E-state index is 12.2. The Kier molecular flexibility index (Phi) is 5.20. The smallest absolute Gasteiger partial charge is 0.339 e. The van der Waals surface area contributed by atoms with E-state index in [9.17, 15) is 19.5 Å². The summed E-state index contributed by atoms with van der Waals surface area (Å²) in [5.74, 6) is -3.01. The van der Waals surface area contributed by atoms with E-state index in [1.807, 2.05) is 0 Å². The molecule has 0 atom stereocenters. The van der Waals surface area contributed by atoms with Crippen molar-refractivity contribution in [2.45, 2.75) is 52.7 Å². The number of carbonyl (C=O) groups excluding carboxylic acids is 2. The number of rotatable bonds is 3. The summed E-state index contributed by atoms with van der Waals surface area (Å²) in [6, 6.07) is 4.04. The van der Waals surface area contributed by atoms with Gasteiger partial charge in [0, 0.05) is 0 Å². The first-order valence-electron chi connectivity index (χ1n) is 7.15. The number of carboxylic acids is 1. The Morgan fingerprint density at radius 2 is 1.17 bits per heavy atom. The number of aromatic carboxylic acids is 1. The van der Waals surface area contributed by atoms with Crippen molar-refractivity contribution in [3.8, 4) is 0 Å². The van der Waals surface area contributed by atoms with Crippen LogP contribution in [0.15, 0.2) is 18.2 Å². The average Bonchev–Trinajstić information content (AvgIpc) is 2.33. The van der Waals surface area contributed by atoms with E-state index < -0.39 is 34.7 Å². The summed E-state index contributed by atoms with van der Waals surface area (Å²) in [7, 11) is 0. The molecule has 0 saturated carbocycles. The molecular weight excluding hydrogens is 300 g/mol. The van der Waals surface area contributed by atoms with E-state index in [0.29, 0.717) is 0 Å². The highest BCUT2D eigenvalue weighted by Gasteiger charge is 2.29. The lowest BCUT2D eigenvalue weighted by molar-refractivity contribution is 0.00640. The largest absolute Gasteiger partial charge is 0.478 e. The second-order valence-corrected chi connectivity index (χ2v) is 7.04. The summed E-state index contributed by atoms with van der Waals surface area (Å²) in [5, 5.41) is 9.43. The van der Waals surface area contributed by atoms with Gasteiger partial charge in [0.1, 0.15) is 11.2 Å². The third-order valence-electron chi connectivity index (χ3n) is 2.52. The molecule has 0 aliphatic heterocycles. The Morgan fingerprint density at radius 3 is 1.43 bits per heavy atom. The maximum Gasteiger partial charge on any atom is 0.339 e. The fourth-order valence-corrected chi connectivity index (χ4v) is 1.79. The molecule has 1 aromatic rings. The molecule has 0 heterocycles.